The third-order valence-electron chi connectivity index (χ3n) is 3.98. The molecule has 2 aliphatic rings. The monoisotopic (exact) mass is 230 g/mol. The van der Waals surface area contributed by atoms with Crippen molar-refractivity contribution in [2.24, 2.45) is 5.92 Å². The third-order valence-corrected chi connectivity index (χ3v) is 3.98. The summed E-state index contributed by atoms with van der Waals surface area (Å²) >= 11 is 0. The Morgan fingerprint density at radius 3 is 3.06 bits per heavy atom. The van der Waals surface area contributed by atoms with Crippen molar-refractivity contribution in [1.29, 1.82) is 0 Å². The molecule has 0 spiro atoms. The van der Waals surface area contributed by atoms with Crippen molar-refractivity contribution in [2.45, 2.75) is 44.6 Å². The van der Waals surface area contributed by atoms with Crippen LogP contribution in [0.2, 0.25) is 0 Å². The van der Waals surface area contributed by atoms with E-state index in [-0.39, 0.29) is 12.1 Å². The second-order valence-corrected chi connectivity index (χ2v) is 5.13. The summed E-state index contributed by atoms with van der Waals surface area (Å²) in [6.07, 6.45) is 3.90. The van der Waals surface area contributed by atoms with Crippen LogP contribution in [0.25, 0.3) is 0 Å². The summed E-state index contributed by atoms with van der Waals surface area (Å²) in [5.74, 6) is 1.05. The minimum atomic E-state index is -0.0237. The van der Waals surface area contributed by atoms with Crippen molar-refractivity contribution in [3.8, 4) is 0 Å². The normalized spacial score (nSPS) is 29.1. The molecule has 0 aromatic heterocycles. The molecule has 0 radical (unpaired) electrons. The van der Waals surface area contributed by atoms with Gasteiger partial charge in [-0.05, 0) is 30.4 Å². The van der Waals surface area contributed by atoms with Crippen LogP contribution in [-0.2, 0) is 16.0 Å². The topological polar surface area (TPSA) is 26.3 Å². The van der Waals surface area contributed by atoms with Crippen molar-refractivity contribution in [1.82, 2.24) is 0 Å². The van der Waals surface area contributed by atoms with E-state index in [1.165, 1.54) is 17.5 Å². The molecule has 1 saturated carbocycles. The molecule has 1 aromatic rings. The molecule has 1 fully saturated rings. The predicted molar refractivity (Wildman–Crippen MR) is 65.8 cm³/mol. The fraction of sp³-hybridized carbons (Fsp3) is 0.533. The number of hydrogen-bond donors (Lipinski definition) is 0. The van der Waals surface area contributed by atoms with Crippen LogP contribution >= 0.6 is 0 Å². The first-order valence-electron chi connectivity index (χ1n) is 6.58. The first-order valence-corrected chi connectivity index (χ1v) is 6.58. The van der Waals surface area contributed by atoms with E-state index in [0.717, 1.165) is 12.8 Å². The molecule has 0 saturated heterocycles. The van der Waals surface area contributed by atoms with Gasteiger partial charge < -0.3 is 4.74 Å². The number of esters is 1. The van der Waals surface area contributed by atoms with Gasteiger partial charge >= 0.3 is 5.97 Å². The fourth-order valence-electron chi connectivity index (χ4n) is 3.08. The average Bonchev–Trinajstić information content (AvgIpc) is 3.03. The number of rotatable bonds is 3. The first kappa shape index (κ1) is 10.8. The molecule has 3 rings (SSSR count). The minimum Gasteiger partial charge on any atom is -0.461 e. The molecule has 0 bridgehead atoms. The van der Waals surface area contributed by atoms with E-state index in [2.05, 4.69) is 24.3 Å². The molecule has 3 unspecified atom stereocenters. The summed E-state index contributed by atoms with van der Waals surface area (Å²) in [7, 11) is 0. The predicted octanol–water partition coefficient (Wildman–Crippen LogP) is 3.06. The molecule has 17 heavy (non-hydrogen) atoms. The van der Waals surface area contributed by atoms with Crippen molar-refractivity contribution >= 4 is 5.97 Å². The first-order chi connectivity index (χ1) is 8.31. The van der Waals surface area contributed by atoms with Gasteiger partial charge in [0.25, 0.3) is 0 Å². The van der Waals surface area contributed by atoms with Crippen molar-refractivity contribution in [3.63, 3.8) is 0 Å². The molecular formula is C15H18O2. The maximum absolute atomic E-state index is 11.5. The van der Waals surface area contributed by atoms with E-state index in [1.807, 2.05) is 6.92 Å². The SMILES string of the molecule is CCCC(=O)OC1C2CCc3ccccc3C21. The summed E-state index contributed by atoms with van der Waals surface area (Å²) in [4.78, 5) is 11.5. The average molecular weight is 230 g/mol. The highest BCUT2D eigenvalue weighted by molar-refractivity contribution is 5.70. The van der Waals surface area contributed by atoms with Crippen molar-refractivity contribution in [2.75, 3.05) is 0 Å². The second kappa shape index (κ2) is 4.17. The maximum atomic E-state index is 11.5. The van der Waals surface area contributed by atoms with Gasteiger partial charge in [0.2, 0.25) is 0 Å². The molecule has 2 heteroatoms. The third kappa shape index (κ3) is 1.86. The molecule has 2 nitrogen and oxygen atoms in total. The van der Waals surface area contributed by atoms with Crippen LogP contribution in [0.1, 0.15) is 43.2 Å². The summed E-state index contributed by atoms with van der Waals surface area (Å²) < 4.78 is 5.57. The van der Waals surface area contributed by atoms with Crippen LogP contribution in [0, 0.1) is 5.92 Å². The molecule has 90 valence electrons. The molecule has 1 aromatic carbocycles. The number of ether oxygens (including phenoxy) is 1. The highest BCUT2D eigenvalue weighted by atomic mass is 16.5. The van der Waals surface area contributed by atoms with E-state index in [1.54, 1.807) is 0 Å². The number of carbonyl (C=O) groups excluding carboxylic acids is 1. The van der Waals surface area contributed by atoms with E-state index in [0.29, 0.717) is 18.3 Å². The number of benzene rings is 1. The minimum absolute atomic E-state index is 0.0237. The highest BCUT2D eigenvalue weighted by Gasteiger charge is 2.55. The maximum Gasteiger partial charge on any atom is 0.306 e. The van der Waals surface area contributed by atoms with Gasteiger partial charge in [0.05, 0.1) is 0 Å². The van der Waals surface area contributed by atoms with Crippen LogP contribution in [0.5, 0.6) is 0 Å². The van der Waals surface area contributed by atoms with Gasteiger partial charge in [-0.3, -0.25) is 4.79 Å². The lowest BCUT2D eigenvalue weighted by molar-refractivity contribution is -0.145. The van der Waals surface area contributed by atoms with Gasteiger partial charge in [0, 0.05) is 18.3 Å². The largest absolute Gasteiger partial charge is 0.461 e. The van der Waals surface area contributed by atoms with Crippen molar-refractivity contribution in [3.05, 3.63) is 35.4 Å². The van der Waals surface area contributed by atoms with Crippen molar-refractivity contribution < 1.29 is 9.53 Å². The van der Waals surface area contributed by atoms with Gasteiger partial charge in [-0.2, -0.15) is 0 Å². The van der Waals surface area contributed by atoms with Gasteiger partial charge in [0.15, 0.2) is 0 Å². The van der Waals surface area contributed by atoms with E-state index in [9.17, 15) is 4.79 Å². The zero-order valence-corrected chi connectivity index (χ0v) is 10.2. The Morgan fingerprint density at radius 2 is 2.24 bits per heavy atom. The summed E-state index contributed by atoms with van der Waals surface area (Å²) in [6, 6.07) is 8.58. The Balaban J connectivity index is 1.72. The number of aryl methyl sites for hydroxylation is 1. The Morgan fingerprint density at radius 1 is 1.41 bits per heavy atom. The van der Waals surface area contributed by atoms with E-state index < -0.39 is 0 Å². The number of hydrogen-bond acceptors (Lipinski definition) is 2. The lowest BCUT2D eigenvalue weighted by atomic mass is 9.92. The lowest BCUT2D eigenvalue weighted by Gasteiger charge is -2.12. The van der Waals surface area contributed by atoms with Gasteiger partial charge in [0.1, 0.15) is 6.10 Å². The molecular weight excluding hydrogens is 212 g/mol. The molecule has 0 amide bonds. The molecule has 0 heterocycles. The molecule has 3 atom stereocenters. The van der Waals surface area contributed by atoms with E-state index in [4.69, 9.17) is 4.74 Å². The van der Waals surface area contributed by atoms with Gasteiger partial charge in [-0.15, -0.1) is 0 Å². The Kier molecular flexibility index (Phi) is 2.65. The van der Waals surface area contributed by atoms with E-state index >= 15 is 0 Å². The van der Waals surface area contributed by atoms with Crippen LogP contribution in [0.4, 0.5) is 0 Å². The Hall–Kier alpha value is -1.31. The summed E-state index contributed by atoms with van der Waals surface area (Å²) in [5.41, 5.74) is 2.86. The zero-order valence-electron chi connectivity index (χ0n) is 10.2. The number of carbonyl (C=O) groups is 1. The Labute approximate surface area is 102 Å². The summed E-state index contributed by atoms with van der Waals surface area (Å²) in [5, 5.41) is 0. The standard InChI is InChI=1S/C15H18O2/c1-2-5-13(16)17-15-12-9-8-10-6-3-4-7-11(10)14(12)15/h3-4,6-7,12,14-15H,2,5,8-9H2,1H3. The van der Waals surface area contributed by atoms with Gasteiger partial charge in [-0.1, -0.05) is 31.2 Å². The van der Waals surface area contributed by atoms with Crippen LogP contribution in [-0.4, -0.2) is 12.1 Å². The molecule has 0 N–H and O–H groups in total. The number of fused-ring (bicyclic) bond motifs is 3. The molecule has 2 aliphatic carbocycles. The van der Waals surface area contributed by atoms with Crippen LogP contribution in [0.15, 0.2) is 24.3 Å². The smallest absolute Gasteiger partial charge is 0.306 e. The molecule has 0 aliphatic heterocycles. The zero-order chi connectivity index (χ0) is 11.8. The van der Waals surface area contributed by atoms with Crippen LogP contribution < -0.4 is 0 Å². The summed E-state index contributed by atoms with van der Waals surface area (Å²) in [6.45, 7) is 2.01. The van der Waals surface area contributed by atoms with Gasteiger partial charge in [-0.25, -0.2) is 0 Å². The lowest BCUT2D eigenvalue weighted by Crippen LogP contribution is -2.07. The van der Waals surface area contributed by atoms with Crippen LogP contribution in [0.3, 0.4) is 0 Å². The quantitative estimate of drug-likeness (QED) is 0.746. The highest BCUT2D eigenvalue weighted by Crippen LogP contribution is 2.56. The second-order valence-electron chi connectivity index (χ2n) is 5.13. The fourth-order valence-corrected chi connectivity index (χ4v) is 3.08. The Bertz CT molecular complexity index is 438.